The fourth-order valence-corrected chi connectivity index (χ4v) is 2.72. The van der Waals surface area contributed by atoms with Crippen molar-refractivity contribution in [3.8, 4) is 0 Å². The van der Waals surface area contributed by atoms with Crippen molar-refractivity contribution in [2.45, 2.75) is 4.87 Å². The molecule has 0 saturated heterocycles. The summed E-state index contributed by atoms with van der Waals surface area (Å²) in [6.45, 7) is 0. The van der Waals surface area contributed by atoms with E-state index in [0.29, 0.717) is 10.6 Å². The molecule has 1 aliphatic carbocycles. The van der Waals surface area contributed by atoms with Gasteiger partial charge in [-0.15, -0.1) is 11.6 Å². The van der Waals surface area contributed by atoms with Crippen molar-refractivity contribution >= 4 is 40.7 Å². The Morgan fingerprint density at radius 1 is 1.20 bits per heavy atom. The molecule has 104 valence electrons. The predicted octanol–water partition coefficient (Wildman–Crippen LogP) is 3.06. The number of carboxylic acid groups (broad SMARTS) is 2. The van der Waals surface area contributed by atoms with Crippen LogP contribution in [0.15, 0.2) is 42.5 Å². The van der Waals surface area contributed by atoms with E-state index in [2.05, 4.69) is 0 Å². The number of alkyl halides is 1. The van der Waals surface area contributed by atoms with Crippen molar-refractivity contribution in [2.24, 2.45) is 5.92 Å². The van der Waals surface area contributed by atoms with Crippen LogP contribution in [0.5, 0.6) is 0 Å². The molecule has 0 spiro atoms. The molecular weight excluding hydrogens is 303 g/mol. The summed E-state index contributed by atoms with van der Waals surface area (Å²) in [5, 5.41) is 18.9. The van der Waals surface area contributed by atoms with Gasteiger partial charge in [-0.2, -0.15) is 0 Å². The van der Waals surface area contributed by atoms with E-state index in [1.807, 2.05) is 0 Å². The van der Waals surface area contributed by atoms with Gasteiger partial charge in [0, 0.05) is 5.02 Å². The standard InChI is InChI=1S/C14H10Cl2O4/c15-11-7-2-1-4-8(11)9-5-3-6-10(12(17)18)14(9,16)13(19)20/h1-7,10H,(H,17,18)(H,19,20). The van der Waals surface area contributed by atoms with Gasteiger partial charge in [0.1, 0.15) is 5.92 Å². The van der Waals surface area contributed by atoms with Crippen LogP contribution < -0.4 is 0 Å². The van der Waals surface area contributed by atoms with Crippen molar-refractivity contribution in [1.29, 1.82) is 0 Å². The number of halogens is 2. The molecule has 2 rings (SSSR count). The zero-order valence-corrected chi connectivity index (χ0v) is 11.6. The molecule has 0 amide bonds. The van der Waals surface area contributed by atoms with E-state index in [-0.39, 0.29) is 5.57 Å². The molecule has 2 unspecified atom stereocenters. The van der Waals surface area contributed by atoms with E-state index >= 15 is 0 Å². The largest absolute Gasteiger partial charge is 0.481 e. The highest BCUT2D eigenvalue weighted by atomic mass is 35.5. The van der Waals surface area contributed by atoms with E-state index < -0.39 is 22.7 Å². The number of allylic oxidation sites excluding steroid dienone is 2. The van der Waals surface area contributed by atoms with Crippen molar-refractivity contribution < 1.29 is 19.8 Å². The van der Waals surface area contributed by atoms with Gasteiger partial charge in [-0.3, -0.25) is 4.79 Å². The maximum Gasteiger partial charge on any atom is 0.330 e. The Bertz CT molecular complexity index is 636. The van der Waals surface area contributed by atoms with Crippen LogP contribution in [-0.4, -0.2) is 27.0 Å². The lowest BCUT2D eigenvalue weighted by atomic mass is 9.78. The third kappa shape index (κ3) is 2.21. The minimum Gasteiger partial charge on any atom is -0.481 e. The van der Waals surface area contributed by atoms with Crippen LogP contribution in [0.1, 0.15) is 5.56 Å². The normalized spacial score (nSPS) is 25.1. The third-order valence-corrected chi connectivity index (χ3v) is 4.06. The van der Waals surface area contributed by atoms with Crippen LogP contribution in [0.25, 0.3) is 5.57 Å². The first-order valence-electron chi connectivity index (χ1n) is 5.68. The number of carbonyl (C=O) groups is 2. The Hall–Kier alpha value is -1.78. The van der Waals surface area contributed by atoms with Crippen LogP contribution in [0.2, 0.25) is 5.02 Å². The quantitative estimate of drug-likeness (QED) is 0.841. The van der Waals surface area contributed by atoms with E-state index in [1.165, 1.54) is 18.2 Å². The van der Waals surface area contributed by atoms with Gasteiger partial charge in [0.05, 0.1) is 0 Å². The smallest absolute Gasteiger partial charge is 0.330 e. The first kappa shape index (κ1) is 14.6. The van der Waals surface area contributed by atoms with Crippen molar-refractivity contribution in [2.75, 3.05) is 0 Å². The molecule has 1 aromatic carbocycles. The first-order valence-corrected chi connectivity index (χ1v) is 6.43. The molecule has 2 N–H and O–H groups in total. The van der Waals surface area contributed by atoms with E-state index in [0.717, 1.165) is 0 Å². The van der Waals surface area contributed by atoms with Gasteiger partial charge in [-0.05, 0) is 17.2 Å². The fourth-order valence-electron chi connectivity index (χ4n) is 2.15. The molecular formula is C14H10Cl2O4. The van der Waals surface area contributed by atoms with Crippen LogP contribution in [0, 0.1) is 5.92 Å². The second-order valence-corrected chi connectivity index (χ2v) is 5.28. The highest BCUT2D eigenvalue weighted by Crippen LogP contribution is 2.44. The number of aliphatic carboxylic acids is 2. The summed E-state index contributed by atoms with van der Waals surface area (Å²) >= 11 is 12.2. The molecule has 0 radical (unpaired) electrons. The van der Waals surface area contributed by atoms with Gasteiger partial charge < -0.3 is 10.2 Å². The fraction of sp³-hybridized carbons (Fsp3) is 0.143. The number of hydrogen-bond acceptors (Lipinski definition) is 2. The topological polar surface area (TPSA) is 74.6 Å². The number of hydrogen-bond donors (Lipinski definition) is 2. The minimum atomic E-state index is -2.09. The highest BCUT2D eigenvalue weighted by Gasteiger charge is 2.51. The van der Waals surface area contributed by atoms with Crippen LogP contribution in [0.3, 0.4) is 0 Å². The van der Waals surface area contributed by atoms with Gasteiger partial charge >= 0.3 is 11.9 Å². The molecule has 1 aromatic rings. The maximum atomic E-state index is 11.6. The van der Waals surface area contributed by atoms with Gasteiger partial charge in [-0.25, -0.2) is 4.79 Å². The molecule has 0 bridgehead atoms. The second-order valence-electron chi connectivity index (χ2n) is 4.28. The summed E-state index contributed by atoms with van der Waals surface area (Å²) in [4.78, 5) is 20.8. The maximum absolute atomic E-state index is 11.6. The number of rotatable bonds is 3. The monoisotopic (exact) mass is 312 g/mol. The zero-order chi connectivity index (χ0) is 14.9. The summed E-state index contributed by atoms with van der Waals surface area (Å²) in [7, 11) is 0. The van der Waals surface area contributed by atoms with E-state index in [1.54, 1.807) is 24.3 Å². The van der Waals surface area contributed by atoms with Crippen LogP contribution >= 0.6 is 23.2 Å². The van der Waals surface area contributed by atoms with E-state index in [4.69, 9.17) is 23.2 Å². The average molecular weight is 313 g/mol. The summed E-state index contributed by atoms with van der Waals surface area (Å²) in [6.07, 6.45) is 4.20. The number of carboxylic acids is 2. The molecule has 1 aliphatic rings. The third-order valence-electron chi connectivity index (χ3n) is 3.13. The molecule has 0 fully saturated rings. The summed E-state index contributed by atoms with van der Waals surface area (Å²) in [5.74, 6) is -4.11. The number of benzene rings is 1. The van der Waals surface area contributed by atoms with Crippen LogP contribution in [-0.2, 0) is 9.59 Å². The highest BCUT2D eigenvalue weighted by molar-refractivity contribution is 6.43. The van der Waals surface area contributed by atoms with Crippen molar-refractivity contribution in [1.82, 2.24) is 0 Å². The Morgan fingerprint density at radius 2 is 1.85 bits per heavy atom. The minimum absolute atomic E-state index is 0.159. The molecule has 20 heavy (non-hydrogen) atoms. The average Bonchev–Trinajstić information content (AvgIpc) is 2.39. The van der Waals surface area contributed by atoms with Gasteiger partial charge in [0.15, 0.2) is 4.87 Å². The van der Waals surface area contributed by atoms with Gasteiger partial charge in [0.2, 0.25) is 0 Å². The van der Waals surface area contributed by atoms with Gasteiger partial charge in [0.25, 0.3) is 0 Å². The molecule has 2 atom stereocenters. The molecule has 0 heterocycles. The Balaban J connectivity index is 2.65. The molecule has 4 nitrogen and oxygen atoms in total. The molecule has 0 aromatic heterocycles. The van der Waals surface area contributed by atoms with Gasteiger partial charge in [-0.1, -0.05) is 48.0 Å². The second kappa shape index (κ2) is 5.31. The lowest BCUT2D eigenvalue weighted by molar-refractivity contribution is -0.148. The molecule has 0 saturated carbocycles. The van der Waals surface area contributed by atoms with Crippen molar-refractivity contribution in [3.63, 3.8) is 0 Å². The Labute approximate surface area is 124 Å². The molecule has 6 heteroatoms. The summed E-state index contributed by atoms with van der Waals surface area (Å²) in [6, 6.07) is 6.56. The van der Waals surface area contributed by atoms with Crippen LogP contribution in [0.4, 0.5) is 0 Å². The van der Waals surface area contributed by atoms with Crippen molar-refractivity contribution in [3.05, 3.63) is 53.1 Å². The Morgan fingerprint density at radius 3 is 2.40 bits per heavy atom. The predicted molar refractivity (Wildman–Crippen MR) is 75.9 cm³/mol. The lowest BCUT2D eigenvalue weighted by Crippen LogP contribution is -2.45. The lowest BCUT2D eigenvalue weighted by Gasteiger charge is -2.32. The Kier molecular flexibility index (Phi) is 3.88. The van der Waals surface area contributed by atoms with E-state index in [9.17, 15) is 19.8 Å². The summed E-state index contributed by atoms with van der Waals surface area (Å²) in [5.41, 5.74) is 0.564. The molecule has 0 aliphatic heterocycles. The SMILES string of the molecule is O=C(O)C1C=CC=C(c2ccccc2Cl)C1(Cl)C(=O)O. The summed E-state index contributed by atoms with van der Waals surface area (Å²) < 4.78 is 0. The zero-order valence-electron chi connectivity index (χ0n) is 10.1. The first-order chi connectivity index (χ1) is 9.39.